The molecule has 0 aliphatic heterocycles. The van der Waals surface area contributed by atoms with Crippen molar-refractivity contribution in [3.8, 4) is 5.75 Å². The normalized spacial score (nSPS) is 10.5. The SMILES string of the molecule is CCOc1ccccc1CNC(=NC)NCC(=O)NCc1ccccc1.I. The van der Waals surface area contributed by atoms with E-state index in [1.54, 1.807) is 7.05 Å². The van der Waals surface area contributed by atoms with E-state index in [0.717, 1.165) is 16.9 Å². The number of guanidine groups is 1. The van der Waals surface area contributed by atoms with Crippen LogP contribution in [-0.4, -0.2) is 32.1 Å². The molecular formula is C20H27IN4O2. The Morgan fingerprint density at radius 2 is 1.67 bits per heavy atom. The molecule has 0 unspecified atom stereocenters. The molecule has 0 atom stereocenters. The van der Waals surface area contributed by atoms with E-state index in [4.69, 9.17) is 4.74 Å². The molecule has 0 aromatic heterocycles. The number of rotatable bonds is 8. The van der Waals surface area contributed by atoms with Gasteiger partial charge >= 0.3 is 0 Å². The summed E-state index contributed by atoms with van der Waals surface area (Å²) in [5.41, 5.74) is 2.10. The number of hydrogen-bond donors (Lipinski definition) is 3. The van der Waals surface area contributed by atoms with Crippen molar-refractivity contribution in [3.63, 3.8) is 0 Å². The molecular weight excluding hydrogens is 455 g/mol. The summed E-state index contributed by atoms with van der Waals surface area (Å²) in [6, 6.07) is 17.6. The van der Waals surface area contributed by atoms with Gasteiger partial charge in [-0.25, -0.2) is 0 Å². The maximum atomic E-state index is 12.0. The Morgan fingerprint density at radius 1 is 0.963 bits per heavy atom. The van der Waals surface area contributed by atoms with Gasteiger partial charge in [-0.05, 0) is 18.6 Å². The minimum Gasteiger partial charge on any atom is -0.494 e. The molecule has 27 heavy (non-hydrogen) atoms. The minimum atomic E-state index is -0.0912. The van der Waals surface area contributed by atoms with Crippen molar-refractivity contribution in [1.82, 2.24) is 16.0 Å². The number of hydrogen-bond acceptors (Lipinski definition) is 3. The van der Waals surface area contributed by atoms with Gasteiger partial charge in [-0.3, -0.25) is 9.79 Å². The molecule has 2 aromatic carbocycles. The van der Waals surface area contributed by atoms with E-state index in [-0.39, 0.29) is 36.4 Å². The average Bonchev–Trinajstić information content (AvgIpc) is 2.68. The molecule has 3 N–H and O–H groups in total. The third-order valence-electron chi connectivity index (χ3n) is 3.69. The second kappa shape index (κ2) is 13.0. The number of amides is 1. The van der Waals surface area contributed by atoms with Gasteiger partial charge in [0, 0.05) is 25.7 Å². The van der Waals surface area contributed by atoms with Gasteiger partial charge in [0.05, 0.1) is 13.2 Å². The van der Waals surface area contributed by atoms with Crippen LogP contribution in [0.2, 0.25) is 0 Å². The molecule has 0 spiro atoms. The molecule has 6 nitrogen and oxygen atoms in total. The van der Waals surface area contributed by atoms with Crippen LogP contribution in [0, 0.1) is 0 Å². The lowest BCUT2D eigenvalue weighted by atomic mass is 10.2. The van der Waals surface area contributed by atoms with Crippen LogP contribution in [0.15, 0.2) is 59.6 Å². The zero-order chi connectivity index (χ0) is 18.6. The zero-order valence-corrected chi connectivity index (χ0v) is 18.0. The summed E-state index contributed by atoms with van der Waals surface area (Å²) in [7, 11) is 1.67. The summed E-state index contributed by atoms with van der Waals surface area (Å²) in [5, 5.41) is 9.08. The lowest BCUT2D eigenvalue weighted by Crippen LogP contribution is -2.42. The van der Waals surface area contributed by atoms with Crippen molar-refractivity contribution >= 4 is 35.8 Å². The second-order valence-electron chi connectivity index (χ2n) is 5.58. The predicted octanol–water partition coefficient (Wildman–Crippen LogP) is 2.68. The number of para-hydroxylation sites is 1. The molecule has 146 valence electrons. The van der Waals surface area contributed by atoms with E-state index in [9.17, 15) is 4.79 Å². The number of carbonyl (C=O) groups excluding carboxylic acids is 1. The Balaban J connectivity index is 0.00000364. The molecule has 0 aliphatic carbocycles. The van der Waals surface area contributed by atoms with E-state index in [2.05, 4.69) is 20.9 Å². The smallest absolute Gasteiger partial charge is 0.239 e. The van der Waals surface area contributed by atoms with E-state index in [0.29, 0.717) is 25.7 Å². The van der Waals surface area contributed by atoms with Crippen LogP contribution in [0.3, 0.4) is 0 Å². The van der Waals surface area contributed by atoms with Crippen LogP contribution in [0.25, 0.3) is 0 Å². The van der Waals surface area contributed by atoms with Crippen LogP contribution in [0.4, 0.5) is 0 Å². The highest BCUT2D eigenvalue weighted by atomic mass is 127. The molecule has 1 amide bonds. The lowest BCUT2D eigenvalue weighted by molar-refractivity contribution is -0.120. The van der Waals surface area contributed by atoms with Crippen molar-refractivity contribution in [3.05, 3.63) is 65.7 Å². The highest BCUT2D eigenvalue weighted by Crippen LogP contribution is 2.17. The number of carbonyl (C=O) groups is 1. The number of nitrogens with zero attached hydrogens (tertiary/aromatic N) is 1. The largest absolute Gasteiger partial charge is 0.494 e. The minimum absolute atomic E-state index is 0. The molecule has 2 aromatic rings. The topological polar surface area (TPSA) is 74.8 Å². The van der Waals surface area contributed by atoms with Gasteiger partial charge in [0.25, 0.3) is 0 Å². The number of ether oxygens (including phenoxy) is 1. The monoisotopic (exact) mass is 482 g/mol. The molecule has 7 heteroatoms. The van der Waals surface area contributed by atoms with Crippen LogP contribution >= 0.6 is 24.0 Å². The van der Waals surface area contributed by atoms with E-state index >= 15 is 0 Å². The van der Waals surface area contributed by atoms with E-state index < -0.39 is 0 Å². The number of halogens is 1. The summed E-state index contributed by atoms with van der Waals surface area (Å²) in [4.78, 5) is 16.1. The maximum absolute atomic E-state index is 12.0. The summed E-state index contributed by atoms with van der Waals surface area (Å²) in [5.74, 6) is 1.32. The third-order valence-corrected chi connectivity index (χ3v) is 3.69. The maximum Gasteiger partial charge on any atom is 0.239 e. The molecule has 0 saturated heterocycles. The molecule has 0 aliphatic rings. The van der Waals surface area contributed by atoms with Gasteiger partial charge in [-0.1, -0.05) is 48.5 Å². The summed E-state index contributed by atoms with van der Waals surface area (Å²) in [6.45, 7) is 3.79. The van der Waals surface area contributed by atoms with Crippen molar-refractivity contribution in [1.29, 1.82) is 0 Å². The quantitative estimate of drug-likeness (QED) is 0.308. The first-order valence-corrected chi connectivity index (χ1v) is 8.68. The van der Waals surface area contributed by atoms with E-state index in [1.165, 1.54) is 0 Å². The Hall–Kier alpha value is -2.29. The van der Waals surface area contributed by atoms with Crippen molar-refractivity contribution < 1.29 is 9.53 Å². The fourth-order valence-electron chi connectivity index (χ4n) is 2.37. The fourth-order valence-corrected chi connectivity index (χ4v) is 2.37. The first kappa shape index (κ1) is 22.8. The Labute approximate surface area is 177 Å². The number of benzene rings is 2. The Morgan fingerprint density at radius 3 is 2.37 bits per heavy atom. The molecule has 0 heterocycles. The van der Waals surface area contributed by atoms with Crippen LogP contribution in [0.5, 0.6) is 5.75 Å². The zero-order valence-electron chi connectivity index (χ0n) is 15.7. The predicted molar refractivity (Wildman–Crippen MR) is 120 cm³/mol. The third kappa shape index (κ3) is 8.29. The molecule has 0 fully saturated rings. The summed E-state index contributed by atoms with van der Waals surface area (Å²) in [6.07, 6.45) is 0. The van der Waals surface area contributed by atoms with Crippen molar-refractivity contribution in [2.75, 3.05) is 20.2 Å². The Kier molecular flexibility index (Phi) is 10.9. The highest BCUT2D eigenvalue weighted by Gasteiger charge is 2.06. The van der Waals surface area contributed by atoms with Gasteiger partial charge in [0.15, 0.2) is 5.96 Å². The summed E-state index contributed by atoms with van der Waals surface area (Å²) < 4.78 is 5.61. The van der Waals surface area contributed by atoms with Crippen LogP contribution < -0.4 is 20.7 Å². The van der Waals surface area contributed by atoms with Crippen molar-refractivity contribution in [2.45, 2.75) is 20.0 Å². The van der Waals surface area contributed by atoms with Gasteiger partial charge < -0.3 is 20.7 Å². The van der Waals surface area contributed by atoms with Gasteiger partial charge in [-0.15, -0.1) is 24.0 Å². The number of nitrogens with one attached hydrogen (secondary N) is 3. The molecule has 0 saturated carbocycles. The van der Waals surface area contributed by atoms with Gasteiger partial charge in [0.1, 0.15) is 5.75 Å². The van der Waals surface area contributed by atoms with E-state index in [1.807, 2.05) is 61.5 Å². The van der Waals surface area contributed by atoms with Crippen molar-refractivity contribution in [2.24, 2.45) is 4.99 Å². The lowest BCUT2D eigenvalue weighted by Gasteiger charge is -2.14. The standard InChI is InChI=1S/C20H26N4O2.HI/c1-3-26-18-12-8-7-11-17(18)14-23-20(21-2)24-15-19(25)22-13-16-9-5-4-6-10-16;/h4-12H,3,13-15H2,1-2H3,(H,22,25)(H2,21,23,24);1H. The Bertz CT molecular complexity index is 723. The van der Waals surface area contributed by atoms with Crippen LogP contribution in [0.1, 0.15) is 18.1 Å². The van der Waals surface area contributed by atoms with Gasteiger partial charge in [0.2, 0.25) is 5.91 Å². The molecule has 2 rings (SSSR count). The molecule has 0 bridgehead atoms. The highest BCUT2D eigenvalue weighted by molar-refractivity contribution is 14.0. The second-order valence-corrected chi connectivity index (χ2v) is 5.58. The average molecular weight is 482 g/mol. The molecule has 0 radical (unpaired) electrons. The van der Waals surface area contributed by atoms with Crippen LogP contribution in [-0.2, 0) is 17.9 Å². The number of aliphatic imine (C=N–C) groups is 1. The summed E-state index contributed by atoms with van der Waals surface area (Å²) >= 11 is 0. The fraction of sp³-hybridized carbons (Fsp3) is 0.300. The first-order chi connectivity index (χ1) is 12.7. The first-order valence-electron chi connectivity index (χ1n) is 8.68. The van der Waals surface area contributed by atoms with Gasteiger partial charge in [-0.2, -0.15) is 0 Å².